The van der Waals surface area contributed by atoms with Crippen molar-refractivity contribution in [2.75, 3.05) is 51.8 Å². The Morgan fingerprint density at radius 1 is 1.03 bits per heavy atom. The smallest absolute Gasteiger partial charge is 0.317 e. The Balaban J connectivity index is 1.22. The number of aryl methyl sites for hydroxylation is 1. The van der Waals surface area contributed by atoms with E-state index in [1.165, 1.54) is 7.11 Å². The molecule has 2 N–H and O–H groups in total. The average Bonchev–Trinajstić information content (AvgIpc) is 2.87. The summed E-state index contributed by atoms with van der Waals surface area (Å²) in [6, 6.07) is 12.3. The fourth-order valence-corrected chi connectivity index (χ4v) is 3.86. The number of fused-ring (bicyclic) bond motifs is 1. The van der Waals surface area contributed by atoms with Gasteiger partial charge in [0, 0.05) is 26.2 Å². The highest BCUT2D eigenvalue weighted by molar-refractivity contribution is 5.95. The summed E-state index contributed by atoms with van der Waals surface area (Å²) < 4.78 is 16.7. The minimum absolute atomic E-state index is 0.150. The number of urea groups is 1. The van der Waals surface area contributed by atoms with Gasteiger partial charge in [-0.3, -0.25) is 9.59 Å². The van der Waals surface area contributed by atoms with Crippen molar-refractivity contribution in [3.05, 3.63) is 48.0 Å². The molecule has 2 aliphatic rings. The summed E-state index contributed by atoms with van der Waals surface area (Å²) in [6.07, 6.45) is -0.711. The third-order valence-electron chi connectivity index (χ3n) is 5.69. The van der Waals surface area contributed by atoms with Gasteiger partial charge in [-0.2, -0.15) is 0 Å². The molecule has 0 aromatic heterocycles. The minimum Gasteiger partial charge on any atom is -0.495 e. The zero-order valence-electron chi connectivity index (χ0n) is 19.2. The summed E-state index contributed by atoms with van der Waals surface area (Å²) in [7, 11) is 1.53. The number of nitrogens with one attached hydrogen (secondary N) is 2. The lowest BCUT2D eigenvalue weighted by Crippen LogP contribution is -2.56. The van der Waals surface area contributed by atoms with Crippen LogP contribution in [0.4, 0.5) is 10.5 Å². The number of benzene rings is 2. The van der Waals surface area contributed by atoms with Crippen molar-refractivity contribution in [1.29, 1.82) is 0 Å². The van der Waals surface area contributed by atoms with E-state index < -0.39 is 6.10 Å². The normalized spacial score (nSPS) is 17.1. The summed E-state index contributed by atoms with van der Waals surface area (Å²) in [5.41, 5.74) is 1.52. The maximum absolute atomic E-state index is 12.8. The third-order valence-corrected chi connectivity index (χ3v) is 5.69. The average molecular weight is 469 g/mol. The second kappa shape index (κ2) is 10.3. The summed E-state index contributed by atoms with van der Waals surface area (Å²) in [5, 5.41) is 5.38. The quantitative estimate of drug-likeness (QED) is 0.691. The van der Waals surface area contributed by atoms with Crippen molar-refractivity contribution in [3.8, 4) is 17.2 Å². The number of rotatable bonds is 5. The first-order valence-corrected chi connectivity index (χ1v) is 11.1. The molecule has 10 nitrogen and oxygen atoms in total. The fourth-order valence-electron chi connectivity index (χ4n) is 3.86. The summed E-state index contributed by atoms with van der Waals surface area (Å²) in [6.45, 7) is 3.34. The van der Waals surface area contributed by atoms with Gasteiger partial charge in [0.05, 0.1) is 19.3 Å². The highest BCUT2D eigenvalue weighted by Gasteiger charge is 2.33. The van der Waals surface area contributed by atoms with Crippen molar-refractivity contribution in [2.24, 2.45) is 0 Å². The first kappa shape index (κ1) is 23.2. The zero-order chi connectivity index (χ0) is 24.1. The van der Waals surface area contributed by atoms with Gasteiger partial charge in [0.1, 0.15) is 12.4 Å². The molecule has 4 rings (SSSR count). The van der Waals surface area contributed by atoms with Crippen LogP contribution in [0.25, 0.3) is 0 Å². The van der Waals surface area contributed by atoms with Crippen LogP contribution in [0.3, 0.4) is 0 Å². The molecule has 2 aromatic rings. The Labute approximate surface area is 197 Å². The maximum atomic E-state index is 12.8. The van der Waals surface area contributed by atoms with Gasteiger partial charge in [0.25, 0.3) is 5.91 Å². The molecule has 1 saturated heterocycles. The SMILES string of the molecule is COc1ccc(C)cc1NC(=O)CNC(=O)N1CCN(C(=O)C2COc3ccccc3O2)CC1. The van der Waals surface area contributed by atoms with Crippen LogP contribution in [0.15, 0.2) is 42.5 Å². The molecule has 0 bridgehead atoms. The van der Waals surface area contributed by atoms with Gasteiger partial charge >= 0.3 is 6.03 Å². The molecule has 1 fully saturated rings. The first-order valence-electron chi connectivity index (χ1n) is 11.1. The number of hydrogen-bond donors (Lipinski definition) is 2. The summed E-state index contributed by atoms with van der Waals surface area (Å²) in [4.78, 5) is 40.9. The molecule has 2 aromatic carbocycles. The largest absolute Gasteiger partial charge is 0.495 e. The fraction of sp³-hybridized carbons (Fsp3) is 0.375. The number of hydrogen-bond acceptors (Lipinski definition) is 6. The molecule has 0 spiro atoms. The van der Waals surface area contributed by atoms with Crippen molar-refractivity contribution in [1.82, 2.24) is 15.1 Å². The number of nitrogens with zero attached hydrogens (tertiary/aromatic N) is 2. The molecule has 1 atom stereocenters. The molecule has 1 unspecified atom stereocenters. The van der Waals surface area contributed by atoms with E-state index in [1.54, 1.807) is 34.1 Å². The molecule has 0 aliphatic carbocycles. The summed E-state index contributed by atoms with van der Waals surface area (Å²) >= 11 is 0. The predicted octanol–water partition coefficient (Wildman–Crippen LogP) is 1.64. The number of ether oxygens (including phenoxy) is 3. The molecule has 0 saturated carbocycles. The third kappa shape index (κ3) is 5.33. The Hall–Kier alpha value is -3.95. The number of carbonyl (C=O) groups is 3. The van der Waals surface area contributed by atoms with Crippen molar-refractivity contribution < 1.29 is 28.6 Å². The van der Waals surface area contributed by atoms with Gasteiger partial charge in [-0.25, -0.2) is 4.79 Å². The van der Waals surface area contributed by atoms with Crippen LogP contribution < -0.4 is 24.8 Å². The van der Waals surface area contributed by atoms with E-state index in [4.69, 9.17) is 14.2 Å². The number of piperazine rings is 1. The summed E-state index contributed by atoms with van der Waals surface area (Å²) in [5.74, 6) is 1.19. The van der Waals surface area contributed by atoms with Gasteiger partial charge in [-0.05, 0) is 36.8 Å². The van der Waals surface area contributed by atoms with E-state index in [0.29, 0.717) is 49.1 Å². The standard InChI is InChI=1S/C24H28N4O6/c1-16-7-8-18(32-2)17(13-16)26-22(29)14-25-24(31)28-11-9-27(10-12-28)23(30)21-15-33-19-5-3-4-6-20(19)34-21/h3-8,13,21H,9-12,14-15H2,1-2H3,(H,25,31)(H,26,29). The predicted molar refractivity (Wildman–Crippen MR) is 124 cm³/mol. The van der Waals surface area contributed by atoms with Gasteiger partial charge in [-0.15, -0.1) is 0 Å². The Morgan fingerprint density at radius 3 is 2.47 bits per heavy atom. The molecule has 4 amide bonds. The highest BCUT2D eigenvalue weighted by Crippen LogP contribution is 2.31. The molecule has 2 aliphatic heterocycles. The van der Waals surface area contributed by atoms with Gasteiger partial charge in [0.15, 0.2) is 11.5 Å². The van der Waals surface area contributed by atoms with Gasteiger partial charge in [0.2, 0.25) is 12.0 Å². The molecular formula is C24H28N4O6. The van der Waals surface area contributed by atoms with Crippen LogP contribution in [0.2, 0.25) is 0 Å². The van der Waals surface area contributed by atoms with Crippen molar-refractivity contribution in [2.45, 2.75) is 13.0 Å². The Bertz CT molecular complexity index is 1070. The number of para-hydroxylation sites is 2. The Kier molecular flexibility index (Phi) is 7.05. The van der Waals surface area contributed by atoms with E-state index in [2.05, 4.69) is 10.6 Å². The number of carbonyl (C=O) groups excluding carboxylic acids is 3. The van der Waals surface area contributed by atoms with E-state index in [-0.39, 0.29) is 31.0 Å². The Morgan fingerprint density at radius 2 is 1.74 bits per heavy atom. The topological polar surface area (TPSA) is 109 Å². The van der Waals surface area contributed by atoms with E-state index in [1.807, 2.05) is 25.1 Å². The van der Waals surface area contributed by atoms with Crippen LogP contribution in [0.1, 0.15) is 5.56 Å². The number of methoxy groups -OCH3 is 1. The lowest BCUT2D eigenvalue weighted by atomic mass is 10.2. The minimum atomic E-state index is -0.711. The molecule has 0 radical (unpaired) electrons. The lowest BCUT2D eigenvalue weighted by molar-refractivity contribution is -0.142. The molecule has 180 valence electrons. The molecular weight excluding hydrogens is 440 g/mol. The number of amides is 4. The maximum Gasteiger partial charge on any atom is 0.317 e. The first-order chi connectivity index (χ1) is 16.4. The van der Waals surface area contributed by atoms with E-state index in [9.17, 15) is 14.4 Å². The van der Waals surface area contributed by atoms with Crippen LogP contribution in [-0.4, -0.2) is 80.2 Å². The van der Waals surface area contributed by atoms with E-state index in [0.717, 1.165) is 5.56 Å². The van der Waals surface area contributed by atoms with Crippen LogP contribution >= 0.6 is 0 Å². The highest BCUT2D eigenvalue weighted by atomic mass is 16.6. The van der Waals surface area contributed by atoms with Gasteiger partial charge < -0.3 is 34.6 Å². The van der Waals surface area contributed by atoms with Crippen molar-refractivity contribution in [3.63, 3.8) is 0 Å². The molecule has 2 heterocycles. The molecule has 34 heavy (non-hydrogen) atoms. The van der Waals surface area contributed by atoms with E-state index >= 15 is 0 Å². The molecule has 10 heteroatoms. The van der Waals surface area contributed by atoms with Crippen molar-refractivity contribution >= 4 is 23.5 Å². The number of anilines is 1. The van der Waals surface area contributed by atoms with Gasteiger partial charge in [-0.1, -0.05) is 18.2 Å². The van der Waals surface area contributed by atoms with Crippen LogP contribution in [0, 0.1) is 6.92 Å². The second-order valence-corrected chi connectivity index (χ2v) is 8.09. The second-order valence-electron chi connectivity index (χ2n) is 8.09. The lowest BCUT2D eigenvalue weighted by Gasteiger charge is -2.37. The van der Waals surface area contributed by atoms with Crippen LogP contribution in [0.5, 0.6) is 17.2 Å². The monoisotopic (exact) mass is 468 g/mol. The van der Waals surface area contributed by atoms with Crippen LogP contribution in [-0.2, 0) is 9.59 Å². The zero-order valence-corrected chi connectivity index (χ0v) is 19.2.